The lowest BCUT2D eigenvalue weighted by atomic mass is 10.2. The minimum Gasteiger partial charge on any atom is -0.493 e. The molecule has 96 valence electrons. The molecule has 2 nitrogen and oxygen atoms in total. The van der Waals surface area contributed by atoms with E-state index in [4.69, 9.17) is 4.74 Å². The van der Waals surface area contributed by atoms with Gasteiger partial charge in [-0.3, -0.25) is 4.39 Å². The van der Waals surface area contributed by atoms with Crippen molar-refractivity contribution in [3.63, 3.8) is 0 Å². The molecule has 0 radical (unpaired) electrons. The zero-order valence-electron chi connectivity index (χ0n) is 10.1. The van der Waals surface area contributed by atoms with Crippen LogP contribution in [0.5, 0.6) is 5.75 Å². The molecule has 1 aromatic carbocycles. The van der Waals surface area contributed by atoms with Gasteiger partial charge in [-0.15, -0.1) is 0 Å². The lowest BCUT2D eigenvalue weighted by Gasteiger charge is -2.08. The summed E-state index contributed by atoms with van der Waals surface area (Å²) < 4.78 is 30.4. The Morgan fingerprint density at radius 2 is 2.12 bits per heavy atom. The summed E-state index contributed by atoms with van der Waals surface area (Å²) in [6.45, 7) is 3.45. The number of halogens is 2. The third kappa shape index (κ3) is 5.63. The van der Waals surface area contributed by atoms with Gasteiger partial charge in [0.1, 0.15) is 11.6 Å². The van der Waals surface area contributed by atoms with Gasteiger partial charge >= 0.3 is 0 Å². The Morgan fingerprint density at radius 3 is 2.82 bits per heavy atom. The summed E-state index contributed by atoms with van der Waals surface area (Å²) in [6.07, 6.45) is 1.37. The van der Waals surface area contributed by atoms with Crippen LogP contribution in [-0.4, -0.2) is 19.8 Å². The third-order valence-electron chi connectivity index (χ3n) is 2.23. The van der Waals surface area contributed by atoms with E-state index in [9.17, 15) is 8.78 Å². The maximum atomic E-state index is 13.3. The molecular formula is C13H19F2NO. The molecule has 1 aromatic rings. The van der Waals surface area contributed by atoms with Crippen molar-refractivity contribution in [3.8, 4) is 5.75 Å². The number of rotatable bonds is 8. The molecule has 0 saturated heterocycles. The van der Waals surface area contributed by atoms with Gasteiger partial charge in [-0.2, -0.15) is 0 Å². The number of nitrogens with one attached hydrogen (secondary N) is 1. The van der Waals surface area contributed by atoms with Crippen molar-refractivity contribution in [1.82, 2.24) is 5.32 Å². The molecule has 0 aliphatic carbocycles. The summed E-state index contributed by atoms with van der Waals surface area (Å²) in [6, 6.07) is 4.58. The smallest absolute Gasteiger partial charge is 0.127 e. The van der Waals surface area contributed by atoms with Crippen LogP contribution in [0.3, 0.4) is 0 Å². The molecule has 1 rings (SSSR count). The van der Waals surface area contributed by atoms with Crippen LogP contribution in [0.2, 0.25) is 0 Å². The van der Waals surface area contributed by atoms with Crippen molar-refractivity contribution in [2.24, 2.45) is 0 Å². The summed E-state index contributed by atoms with van der Waals surface area (Å²) in [5.74, 6) is 0.141. The van der Waals surface area contributed by atoms with Crippen molar-refractivity contribution in [3.05, 3.63) is 29.6 Å². The summed E-state index contributed by atoms with van der Waals surface area (Å²) >= 11 is 0. The third-order valence-corrected chi connectivity index (χ3v) is 2.23. The van der Waals surface area contributed by atoms with Crippen LogP contribution in [-0.2, 0) is 6.54 Å². The van der Waals surface area contributed by atoms with Crippen molar-refractivity contribution >= 4 is 0 Å². The van der Waals surface area contributed by atoms with Crippen molar-refractivity contribution in [1.29, 1.82) is 0 Å². The Hall–Kier alpha value is -1.16. The normalized spacial score (nSPS) is 10.5. The van der Waals surface area contributed by atoms with Crippen molar-refractivity contribution < 1.29 is 13.5 Å². The Morgan fingerprint density at radius 1 is 1.29 bits per heavy atom. The van der Waals surface area contributed by atoms with E-state index in [0.29, 0.717) is 18.7 Å². The van der Waals surface area contributed by atoms with Crippen molar-refractivity contribution in [2.75, 3.05) is 19.8 Å². The highest BCUT2D eigenvalue weighted by Crippen LogP contribution is 2.16. The van der Waals surface area contributed by atoms with Crippen molar-refractivity contribution in [2.45, 2.75) is 26.3 Å². The van der Waals surface area contributed by atoms with Gasteiger partial charge < -0.3 is 10.1 Å². The highest BCUT2D eigenvalue weighted by atomic mass is 19.1. The van der Waals surface area contributed by atoms with Crippen LogP contribution in [0.4, 0.5) is 8.78 Å². The lowest BCUT2D eigenvalue weighted by Crippen LogP contribution is -2.14. The zero-order valence-corrected chi connectivity index (χ0v) is 10.1. The monoisotopic (exact) mass is 243 g/mol. The average molecular weight is 243 g/mol. The van der Waals surface area contributed by atoms with E-state index >= 15 is 0 Å². The second-order valence-corrected chi connectivity index (χ2v) is 3.86. The molecule has 0 heterocycles. The molecular weight excluding hydrogens is 224 g/mol. The van der Waals surface area contributed by atoms with Crippen LogP contribution >= 0.6 is 0 Å². The fourth-order valence-electron chi connectivity index (χ4n) is 1.46. The van der Waals surface area contributed by atoms with Crippen LogP contribution < -0.4 is 10.1 Å². The first-order valence-electron chi connectivity index (χ1n) is 5.95. The second kappa shape index (κ2) is 8.01. The van der Waals surface area contributed by atoms with Crippen LogP contribution in [0.1, 0.15) is 25.3 Å². The van der Waals surface area contributed by atoms with Gasteiger partial charge in [0, 0.05) is 19.0 Å². The highest BCUT2D eigenvalue weighted by Gasteiger charge is 2.02. The minimum absolute atomic E-state index is 0.280. The van der Waals surface area contributed by atoms with Gasteiger partial charge in [0.05, 0.1) is 13.3 Å². The Balaban J connectivity index is 2.53. The number of hydrogen-bond donors (Lipinski definition) is 1. The molecule has 0 aliphatic heterocycles. The first kappa shape index (κ1) is 13.9. The first-order chi connectivity index (χ1) is 8.26. The molecule has 0 aromatic heterocycles. The zero-order chi connectivity index (χ0) is 12.5. The second-order valence-electron chi connectivity index (χ2n) is 3.86. The first-order valence-corrected chi connectivity index (χ1v) is 5.95. The van der Waals surface area contributed by atoms with Crippen LogP contribution in [0, 0.1) is 5.82 Å². The average Bonchev–Trinajstić information content (AvgIpc) is 2.29. The van der Waals surface area contributed by atoms with E-state index in [-0.39, 0.29) is 12.4 Å². The topological polar surface area (TPSA) is 21.3 Å². The number of alkyl halides is 1. The summed E-state index contributed by atoms with van der Waals surface area (Å²) in [5.41, 5.74) is 0.841. The molecule has 0 atom stereocenters. The van der Waals surface area contributed by atoms with Gasteiger partial charge in [0.15, 0.2) is 0 Å². The minimum atomic E-state index is -0.416. The largest absolute Gasteiger partial charge is 0.493 e. The van der Waals surface area contributed by atoms with E-state index in [1.807, 2.05) is 0 Å². The van der Waals surface area contributed by atoms with Crippen LogP contribution in [0.25, 0.3) is 0 Å². The maximum absolute atomic E-state index is 13.3. The molecule has 1 N–H and O–H groups in total. The van der Waals surface area contributed by atoms with Gasteiger partial charge in [-0.25, -0.2) is 4.39 Å². The highest BCUT2D eigenvalue weighted by molar-refractivity contribution is 5.29. The molecule has 4 heteroatoms. The predicted molar refractivity (Wildman–Crippen MR) is 64.5 cm³/mol. The van der Waals surface area contributed by atoms with E-state index in [1.54, 1.807) is 6.07 Å². The molecule has 0 saturated carbocycles. The van der Waals surface area contributed by atoms with Gasteiger partial charge in [0.25, 0.3) is 0 Å². The summed E-state index contributed by atoms with van der Waals surface area (Å²) in [4.78, 5) is 0. The van der Waals surface area contributed by atoms with Gasteiger partial charge in [0.2, 0.25) is 0 Å². The van der Waals surface area contributed by atoms with E-state index in [1.165, 1.54) is 12.1 Å². The molecule has 0 unspecified atom stereocenters. The van der Waals surface area contributed by atoms with E-state index < -0.39 is 6.67 Å². The van der Waals surface area contributed by atoms with Gasteiger partial charge in [-0.05, 0) is 30.7 Å². The molecule has 0 aliphatic rings. The van der Waals surface area contributed by atoms with E-state index in [2.05, 4.69) is 12.2 Å². The Kier molecular flexibility index (Phi) is 6.55. The molecule has 0 spiro atoms. The fourth-order valence-corrected chi connectivity index (χ4v) is 1.46. The molecule has 0 fully saturated rings. The fraction of sp³-hybridized carbons (Fsp3) is 0.538. The number of hydrogen-bond acceptors (Lipinski definition) is 2. The van der Waals surface area contributed by atoms with Gasteiger partial charge in [-0.1, -0.05) is 6.92 Å². The molecule has 0 bridgehead atoms. The Bertz CT molecular complexity index is 303. The molecule has 17 heavy (non-hydrogen) atoms. The number of ether oxygens (including phenoxy) is 1. The summed E-state index contributed by atoms with van der Waals surface area (Å²) in [7, 11) is 0. The SMILES string of the molecule is CCCNCc1cc(F)cc(OCCCF)c1. The van der Waals surface area contributed by atoms with Crippen LogP contribution in [0.15, 0.2) is 18.2 Å². The quantitative estimate of drug-likeness (QED) is 0.708. The standard InChI is InChI=1S/C13H19F2NO/c1-2-5-16-10-11-7-12(15)9-13(8-11)17-6-3-4-14/h7-9,16H,2-6,10H2,1H3. The predicted octanol–water partition coefficient (Wildman–Crippen LogP) is 3.06. The molecule has 0 amide bonds. The summed E-state index contributed by atoms with van der Waals surface area (Å²) in [5, 5.41) is 3.19. The Labute approximate surface area is 101 Å². The van der Waals surface area contributed by atoms with E-state index in [0.717, 1.165) is 18.5 Å². The number of benzene rings is 1. The lowest BCUT2D eigenvalue weighted by molar-refractivity contribution is 0.288. The maximum Gasteiger partial charge on any atom is 0.127 e.